The van der Waals surface area contributed by atoms with Crippen LogP contribution in [0.15, 0.2) is 59.5 Å². The van der Waals surface area contributed by atoms with Crippen molar-refractivity contribution >= 4 is 34.2 Å². The SMILES string of the molecule is O=C(Cl)CC=C1c2ccccc2CSc2ccccc21. The van der Waals surface area contributed by atoms with Crippen molar-refractivity contribution in [3.05, 3.63) is 71.3 Å². The molecule has 0 bridgehead atoms. The van der Waals surface area contributed by atoms with Gasteiger partial charge in [0.15, 0.2) is 0 Å². The van der Waals surface area contributed by atoms with Gasteiger partial charge in [0.2, 0.25) is 5.24 Å². The Morgan fingerprint density at radius 3 is 2.60 bits per heavy atom. The Labute approximate surface area is 127 Å². The Hall–Kier alpha value is -1.51. The molecule has 2 aromatic carbocycles. The van der Waals surface area contributed by atoms with Crippen molar-refractivity contribution in [2.24, 2.45) is 0 Å². The summed E-state index contributed by atoms with van der Waals surface area (Å²) in [7, 11) is 0. The highest BCUT2D eigenvalue weighted by atomic mass is 35.5. The molecule has 3 rings (SSSR count). The van der Waals surface area contributed by atoms with E-state index in [1.54, 1.807) is 0 Å². The number of thioether (sulfide) groups is 1. The summed E-state index contributed by atoms with van der Waals surface area (Å²) in [6.07, 6.45) is 2.20. The maximum absolute atomic E-state index is 11.1. The number of carbonyl (C=O) groups excluding carboxylic acids is 1. The van der Waals surface area contributed by atoms with E-state index in [9.17, 15) is 4.79 Å². The summed E-state index contributed by atoms with van der Waals surface area (Å²) in [5.41, 5.74) is 4.78. The maximum Gasteiger partial charge on any atom is 0.225 e. The fourth-order valence-corrected chi connectivity index (χ4v) is 3.57. The number of hydrogen-bond donors (Lipinski definition) is 0. The van der Waals surface area contributed by atoms with Gasteiger partial charge < -0.3 is 0 Å². The second-order valence-corrected chi connectivity index (χ2v) is 6.06. The normalized spacial score (nSPS) is 15.3. The Morgan fingerprint density at radius 2 is 1.80 bits per heavy atom. The Morgan fingerprint density at radius 1 is 1.10 bits per heavy atom. The van der Waals surface area contributed by atoms with E-state index in [2.05, 4.69) is 30.3 Å². The zero-order valence-electron chi connectivity index (χ0n) is 10.8. The van der Waals surface area contributed by atoms with E-state index in [0.717, 1.165) is 11.3 Å². The molecular formula is C17H13ClOS. The first-order chi connectivity index (χ1) is 9.75. The molecule has 0 atom stereocenters. The minimum atomic E-state index is -0.329. The van der Waals surface area contributed by atoms with Crippen LogP contribution in [0.5, 0.6) is 0 Å². The Kier molecular flexibility index (Phi) is 3.95. The molecule has 0 spiro atoms. The number of benzene rings is 2. The van der Waals surface area contributed by atoms with Crippen LogP contribution in [-0.2, 0) is 10.5 Å². The summed E-state index contributed by atoms with van der Waals surface area (Å²) in [4.78, 5) is 12.4. The lowest BCUT2D eigenvalue weighted by Crippen LogP contribution is -1.93. The fraction of sp³-hybridized carbons (Fsp3) is 0.118. The zero-order valence-corrected chi connectivity index (χ0v) is 12.4. The molecule has 0 radical (unpaired) electrons. The first-order valence-corrected chi connectivity index (χ1v) is 7.81. The molecule has 0 aliphatic carbocycles. The standard InChI is InChI=1S/C17H13ClOS/c18-17(19)10-9-14-13-6-2-1-5-12(13)11-20-16-8-4-3-7-15(14)16/h1-9H,10-11H2. The predicted octanol–water partition coefficient (Wildman–Crippen LogP) is 4.88. The monoisotopic (exact) mass is 300 g/mol. The van der Waals surface area contributed by atoms with Gasteiger partial charge in [-0.3, -0.25) is 4.79 Å². The summed E-state index contributed by atoms with van der Waals surface area (Å²) in [5.74, 6) is 0.944. The van der Waals surface area contributed by atoms with E-state index in [4.69, 9.17) is 11.6 Å². The Balaban J connectivity index is 2.19. The van der Waals surface area contributed by atoms with Gasteiger partial charge >= 0.3 is 0 Å². The van der Waals surface area contributed by atoms with Gasteiger partial charge in [0.25, 0.3) is 0 Å². The van der Waals surface area contributed by atoms with E-state index in [0.29, 0.717) is 0 Å². The van der Waals surface area contributed by atoms with Crippen molar-refractivity contribution in [2.45, 2.75) is 17.1 Å². The summed E-state index contributed by atoms with van der Waals surface area (Å²) in [6.45, 7) is 0. The van der Waals surface area contributed by atoms with Crippen molar-refractivity contribution in [3.63, 3.8) is 0 Å². The van der Waals surface area contributed by atoms with Crippen LogP contribution in [0, 0.1) is 0 Å². The Bertz CT molecular complexity index is 641. The molecule has 3 heteroatoms. The molecule has 100 valence electrons. The van der Waals surface area contributed by atoms with Gasteiger partial charge in [-0.25, -0.2) is 0 Å². The first-order valence-electron chi connectivity index (χ1n) is 6.44. The topological polar surface area (TPSA) is 17.1 Å². The molecule has 0 fully saturated rings. The fourth-order valence-electron chi connectivity index (χ4n) is 2.43. The lowest BCUT2D eigenvalue weighted by molar-refractivity contribution is -0.110. The minimum absolute atomic E-state index is 0.254. The quantitative estimate of drug-likeness (QED) is 0.735. The van der Waals surface area contributed by atoms with Gasteiger partial charge in [-0.1, -0.05) is 48.5 Å². The summed E-state index contributed by atoms with van der Waals surface area (Å²) in [5, 5.41) is -0.329. The molecule has 1 nitrogen and oxygen atoms in total. The number of halogens is 1. The van der Waals surface area contributed by atoms with E-state index in [1.165, 1.54) is 21.6 Å². The molecule has 0 aromatic heterocycles. The third kappa shape index (κ3) is 2.67. The smallest absolute Gasteiger partial charge is 0.225 e. The van der Waals surface area contributed by atoms with Crippen LogP contribution in [0.3, 0.4) is 0 Å². The van der Waals surface area contributed by atoms with Crippen molar-refractivity contribution in [3.8, 4) is 0 Å². The number of rotatable bonds is 2. The van der Waals surface area contributed by atoms with Gasteiger partial charge in [-0.15, -0.1) is 11.8 Å². The molecule has 1 aliphatic rings. The molecular weight excluding hydrogens is 288 g/mol. The summed E-state index contributed by atoms with van der Waals surface area (Å²) < 4.78 is 0. The third-order valence-electron chi connectivity index (χ3n) is 3.33. The second-order valence-electron chi connectivity index (χ2n) is 4.62. The number of carbonyl (C=O) groups is 1. The molecule has 20 heavy (non-hydrogen) atoms. The average molecular weight is 301 g/mol. The van der Waals surface area contributed by atoms with Crippen LogP contribution < -0.4 is 0 Å². The predicted molar refractivity (Wildman–Crippen MR) is 85.0 cm³/mol. The van der Waals surface area contributed by atoms with Crippen molar-refractivity contribution in [1.82, 2.24) is 0 Å². The molecule has 0 N–H and O–H groups in total. The third-order valence-corrected chi connectivity index (χ3v) is 4.61. The largest absolute Gasteiger partial charge is 0.281 e. The van der Waals surface area contributed by atoms with Gasteiger partial charge in [0.1, 0.15) is 0 Å². The number of allylic oxidation sites excluding steroid dienone is 1. The van der Waals surface area contributed by atoms with Crippen LogP contribution in [0.25, 0.3) is 5.57 Å². The molecule has 1 aliphatic heterocycles. The van der Waals surface area contributed by atoms with Crippen LogP contribution in [-0.4, -0.2) is 5.24 Å². The van der Waals surface area contributed by atoms with E-state index in [-0.39, 0.29) is 11.7 Å². The summed E-state index contributed by atoms with van der Waals surface area (Å²) in [6, 6.07) is 16.7. The maximum atomic E-state index is 11.1. The van der Waals surface area contributed by atoms with Crippen molar-refractivity contribution in [1.29, 1.82) is 0 Å². The van der Waals surface area contributed by atoms with E-state index >= 15 is 0 Å². The van der Waals surface area contributed by atoms with E-state index in [1.807, 2.05) is 36.0 Å². The van der Waals surface area contributed by atoms with Gasteiger partial charge in [0.05, 0.1) is 0 Å². The van der Waals surface area contributed by atoms with Crippen LogP contribution in [0.4, 0.5) is 0 Å². The molecule has 1 heterocycles. The first kappa shape index (κ1) is 13.5. The van der Waals surface area contributed by atoms with Crippen LogP contribution in [0.1, 0.15) is 23.1 Å². The highest BCUT2D eigenvalue weighted by molar-refractivity contribution is 7.98. The van der Waals surface area contributed by atoms with Crippen molar-refractivity contribution in [2.75, 3.05) is 0 Å². The second kappa shape index (κ2) is 5.86. The minimum Gasteiger partial charge on any atom is -0.281 e. The van der Waals surface area contributed by atoms with E-state index < -0.39 is 0 Å². The molecule has 2 aromatic rings. The van der Waals surface area contributed by atoms with Gasteiger partial charge in [-0.2, -0.15) is 0 Å². The molecule has 0 saturated carbocycles. The highest BCUT2D eigenvalue weighted by Crippen LogP contribution is 2.39. The van der Waals surface area contributed by atoms with Crippen LogP contribution >= 0.6 is 23.4 Å². The molecule has 0 saturated heterocycles. The lowest BCUT2D eigenvalue weighted by Gasteiger charge is -2.10. The molecule has 0 amide bonds. The molecule has 0 unspecified atom stereocenters. The lowest BCUT2D eigenvalue weighted by atomic mass is 9.94. The average Bonchev–Trinajstić information content (AvgIpc) is 2.62. The highest BCUT2D eigenvalue weighted by Gasteiger charge is 2.17. The number of hydrogen-bond acceptors (Lipinski definition) is 2. The van der Waals surface area contributed by atoms with Gasteiger partial charge in [0, 0.05) is 17.1 Å². The van der Waals surface area contributed by atoms with Gasteiger partial charge in [-0.05, 0) is 39.9 Å². The van der Waals surface area contributed by atoms with Crippen LogP contribution in [0.2, 0.25) is 0 Å². The zero-order chi connectivity index (χ0) is 13.9. The van der Waals surface area contributed by atoms with Crippen molar-refractivity contribution < 1.29 is 4.79 Å². The summed E-state index contributed by atoms with van der Waals surface area (Å²) >= 11 is 7.33. The number of fused-ring (bicyclic) bond motifs is 2.